The molecule has 0 aliphatic carbocycles. The highest BCUT2D eigenvalue weighted by atomic mass is 16.5. The number of methoxy groups -OCH3 is 1. The number of aromatic nitrogens is 3. The number of pyridine rings is 1. The number of rotatable bonds is 5. The molecule has 0 aliphatic rings. The van der Waals surface area contributed by atoms with Gasteiger partial charge in [0.15, 0.2) is 0 Å². The van der Waals surface area contributed by atoms with Gasteiger partial charge in [0.1, 0.15) is 23.8 Å². The zero-order valence-electron chi connectivity index (χ0n) is 14.7. The van der Waals surface area contributed by atoms with Gasteiger partial charge in [-0.2, -0.15) is 5.10 Å². The molecule has 2 aromatic heterocycles. The van der Waals surface area contributed by atoms with Crippen LogP contribution >= 0.6 is 0 Å². The van der Waals surface area contributed by atoms with Crippen LogP contribution in [0.2, 0.25) is 0 Å². The van der Waals surface area contributed by atoms with E-state index in [4.69, 9.17) is 9.47 Å². The van der Waals surface area contributed by atoms with E-state index < -0.39 is 0 Å². The van der Waals surface area contributed by atoms with E-state index in [9.17, 15) is 4.79 Å². The van der Waals surface area contributed by atoms with Gasteiger partial charge in [-0.05, 0) is 42.0 Å². The topological polar surface area (TPSA) is 77.1 Å². The van der Waals surface area contributed by atoms with Gasteiger partial charge in [-0.25, -0.2) is 0 Å². The van der Waals surface area contributed by atoms with E-state index in [1.54, 1.807) is 7.11 Å². The van der Waals surface area contributed by atoms with Crippen molar-refractivity contribution in [2.24, 2.45) is 0 Å². The lowest BCUT2D eigenvalue weighted by molar-refractivity contribution is 0.299. The SMILES string of the molecule is COc1ccc(-c2cnc3ccc(OCc4n[nH]ccc4=O)cc3c2)cc1. The van der Waals surface area contributed by atoms with Crippen LogP contribution in [0, 0.1) is 0 Å². The van der Waals surface area contributed by atoms with Crippen molar-refractivity contribution in [2.45, 2.75) is 6.61 Å². The van der Waals surface area contributed by atoms with E-state index in [0.717, 1.165) is 27.8 Å². The fraction of sp³-hybridized carbons (Fsp3) is 0.0952. The summed E-state index contributed by atoms with van der Waals surface area (Å²) >= 11 is 0. The molecule has 6 nitrogen and oxygen atoms in total. The predicted molar refractivity (Wildman–Crippen MR) is 103 cm³/mol. The highest BCUT2D eigenvalue weighted by Crippen LogP contribution is 2.27. The summed E-state index contributed by atoms with van der Waals surface area (Å²) < 4.78 is 10.9. The first-order valence-electron chi connectivity index (χ1n) is 8.43. The molecule has 6 heteroatoms. The largest absolute Gasteiger partial charge is 0.497 e. The minimum Gasteiger partial charge on any atom is -0.497 e. The minimum atomic E-state index is -0.155. The first-order chi connectivity index (χ1) is 13.2. The Morgan fingerprint density at radius 2 is 1.78 bits per heavy atom. The Bertz CT molecular complexity index is 1140. The van der Waals surface area contributed by atoms with Crippen LogP contribution in [0.5, 0.6) is 11.5 Å². The lowest BCUT2D eigenvalue weighted by Gasteiger charge is -2.08. The molecule has 2 aromatic carbocycles. The molecule has 2 heterocycles. The number of hydrogen-bond acceptors (Lipinski definition) is 5. The molecule has 0 bridgehead atoms. The Hall–Kier alpha value is -3.67. The van der Waals surface area contributed by atoms with Crippen LogP contribution in [0.3, 0.4) is 0 Å². The van der Waals surface area contributed by atoms with Gasteiger partial charge in [0, 0.05) is 29.4 Å². The smallest absolute Gasteiger partial charge is 0.206 e. The van der Waals surface area contributed by atoms with Gasteiger partial charge in [-0.1, -0.05) is 12.1 Å². The van der Waals surface area contributed by atoms with Crippen LogP contribution in [0.1, 0.15) is 5.69 Å². The molecule has 0 saturated heterocycles. The standard InChI is InChI=1S/C21H17N3O3/c1-26-17-4-2-14(3-5-17)16-10-15-11-18(6-7-19(15)22-12-16)27-13-20-21(25)8-9-23-24-20/h2-12H,13H2,1H3,(H,23,25). The van der Waals surface area contributed by atoms with Crippen LogP contribution < -0.4 is 14.9 Å². The summed E-state index contributed by atoms with van der Waals surface area (Å²) in [7, 11) is 1.65. The normalized spacial score (nSPS) is 10.7. The average Bonchev–Trinajstić information content (AvgIpc) is 2.72. The second-order valence-electron chi connectivity index (χ2n) is 5.98. The molecule has 4 aromatic rings. The van der Waals surface area contributed by atoms with Crippen molar-refractivity contribution in [3.63, 3.8) is 0 Å². The summed E-state index contributed by atoms with van der Waals surface area (Å²) in [4.78, 5) is 16.2. The average molecular weight is 359 g/mol. The van der Waals surface area contributed by atoms with Crippen LogP contribution in [0.4, 0.5) is 0 Å². The molecule has 0 saturated carbocycles. The molecular weight excluding hydrogens is 342 g/mol. The third-order valence-electron chi connectivity index (χ3n) is 4.24. The second kappa shape index (κ2) is 7.29. The van der Waals surface area contributed by atoms with Crippen molar-refractivity contribution in [3.8, 4) is 22.6 Å². The number of aromatic amines is 1. The minimum absolute atomic E-state index is 0.104. The third-order valence-corrected chi connectivity index (χ3v) is 4.24. The Morgan fingerprint density at radius 1 is 0.963 bits per heavy atom. The number of H-pyrrole nitrogens is 1. The quantitative estimate of drug-likeness (QED) is 0.589. The van der Waals surface area contributed by atoms with Gasteiger partial charge < -0.3 is 9.47 Å². The monoisotopic (exact) mass is 359 g/mol. The summed E-state index contributed by atoms with van der Waals surface area (Å²) in [5, 5.41) is 7.55. The van der Waals surface area contributed by atoms with Gasteiger partial charge in [-0.3, -0.25) is 14.9 Å². The maximum atomic E-state index is 11.7. The van der Waals surface area contributed by atoms with Gasteiger partial charge in [0.2, 0.25) is 5.43 Å². The third kappa shape index (κ3) is 3.64. The number of nitrogens with zero attached hydrogens (tertiary/aromatic N) is 2. The Kier molecular flexibility index (Phi) is 4.53. The van der Waals surface area contributed by atoms with Crippen LogP contribution in [0.25, 0.3) is 22.0 Å². The van der Waals surface area contributed by atoms with E-state index in [-0.39, 0.29) is 12.0 Å². The van der Waals surface area contributed by atoms with Crippen molar-refractivity contribution < 1.29 is 9.47 Å². The molecule has 4 rings (SSSR count). The fourth-order valence-electron chi connectivity index (χ4n) is 2.78. The van der Waals surface area contributed by atoms with Gasteiger partial charge in [-0.15, -0.1) is 0 Å². The molecule has 0 atom stereocenters. The van der Waals surface area contributed by atoms with Crippen molar-refractivity contribution in [1.82, 2.24) is 15.2 Å². The molecule has 134 valence electrons. The second-order valence-corrected chi connectivity index (χ2v) is 5.98. The number of hydrogen-bond donors (Lipinski definition) is 1. The maximum Gasteiger partial charge on any atom is 0.206 e. The van der Waals surface area contributed by atoms with Gasteiger partial charge in [0.25, 0.3) is 0 Å². The molecule has 0 spiro atoms. The molecule has 0 amide bonds. The molecule has 0 radical (unpaired) electrons. The van der Waals surface area contributed by atoms with Gasteiger partial charge >= 0.3 is 0 Å². The Morgan fingerprint density at radius 3 is 2.56 bits per heavy atom. The van der Waals surface area contributed by atoms with Crippen molar-refractivity contribution in [3.05, 3.63) is 82.9 Å². The molecular formula is C21H17N3O3. The molecule has 1 N–H and O–H groups in total. The maximum absolute atomic E-state index is 11.7. The number of benzene rings is 2. The highest BCUT2D eigenvalue weighted by molar-refractivity contribution is 5.84. The van der Waals surface area contributed by atoms with Crippen LogP contribution in [0.15, 0.2) is 71.8 Å². The summed E-state index contributed by atoms with van der Waals surface area (Å²) in [6, 6.07) is 17.0. The zero-order valence-corrected chi connectivity index (χ0v) is 14.7. The van der Waals surface area contributed by atoms with Gasteiger partial charge in [0.05, 0.1) is 12.6 Å². The van der Waals surface area contributed by atoms with E-state index in [1.807, 2.05) is 48.7 Å². The van der Waals surface area contributed by atoms with E-state index in [1.165, 1.54) is 12.3 Å². The van der Waals surface area contributed by atoms with E-state index >= 15 is 0 Å². The molecule has 27 heavy (non-hydrogen) atoms. The Labute approximate surface area is 155 Å². The number of ether oxygens (including phenoxy) is 2. The summed E-state index contributed by atoms with van der Waals surface area (Å²) in [5.41, 5.74) is 3.11. The highest BCUT2D eigenvalue weighted by Gasteiger charge is 2.05. The summed E-state index contributed by atoms with van der Waals surface area (Å²) in [6.45, 7) is 0.104. The Balaban J connectivity index is 1.60. The van der Waals surface area contributed by atoms with E-state index in [2.05, 4.69) is 21.2 Å². The number of nitrogens with one attached hydrogen (secondary N) is 1. The lowest BCUT2D eigenvalue weighted by atomic mass is 10.1. The van der Waals surface area contributed by atoms with E-state index in [0.29, 0.717) is 11.4 Å². The van der Waals surface area contributed by atoms with Crippen molar-refractivity contribution in [1.29, 1.82) is 0 Å². The molecule has 0 fully saturated rings. The van der Waals surface area contributed by atoms with Crippen molar-refractivity contribution >= 4 is 10.9 Å². The number of fused-ring (bicyclic) bond motifs is 1. The fourth-order valence-corrected chi connectivity index (χ4v) is 2.78. The lowest BCUT2D eigenvalue weighted by Crippen LogP contribution is -2.13. The summed E-state index contributed by atoms with van der Waals surface area (Å²) in [5.74, 6) is 1.47. The van der Waals surface area contributed by atoms with Crippen LogP contribution in [-0.4, -0.2) is 22.3 Å². The first kappa shape index (κ1) is 16.8. The van der Waals surface area contributed by atoms with Crippen molar-refractivity contribution in [2.75, 3.05) is 7.11 Å². The predicted octanol–water partition coefficient (Wildman–Crippen LogP) is 3.57. The molecule has 0 aliphatic heterocycles. The summed E-state index contributed by atoms with van der Waals surface area (Å²) in [6.07, 6.45) is 3.34. The molecule has 0 unspecified atom stereocenters. The first-order valence-corrected chi connectivity index (χ1v) is 8.43. The van der Waals surface area contributed by atoms with Crippen LogP contribution in [-0.2, 0) is 6.61 Å². The zero-order chi connectivity index (χ0) is 18.6.